The Hall–Kier alpha value is -1.09. The van der Waals surface area contributed by atoms with E-state index < -0.39 is 0 Å². The van der Waals surface area contributed by atoms with Crippen molar-refractivity contribution in [3.63, 3.8) is 0 Å². The van der Waals surface area contributed by atoms with Crippen LogP contribution in [-0.4, -0.2) is 23.6 Å². The number of aromatic nitrogens is 1. The third-order valence-corrected chi connectivity index (χ3v) is 3.12. The van der Waals surface area contributed by atoms with Crippen LogP contribution in [0.15, 0.2) is 24.4 Å². The molecule has 0 amide bonds. The van der Waals surface area contributed by atoms with Crippen molar-refractivity contribution in [1.82, 2.24) is 10.3 Å². The summed E-state index contributed by atoms with van der Waals surface area (Å²) in [5, 5.41) is 6.94. The van der Waals surface area contributed by atoms with E-state index >= 15 is 0 Å². The predicted octanol–water partition coefficient (Wildman–Crippen LogP) is 0.854. The molecule has 1 aliphatic carbocycles. The molecule has 3 fully saturated rings. The van der Waals surface area contributed by atoms with Gasteiger partial charge in [-0.15, -0.1) is 0 Å². The van der Waals surface area contributed by atoms with Crippen molar-refractivity contribution in [2.24, 2.45) is 5.92 Å². The Kier molecular flexibility index (Phi) is 1.52. The number of nitrogens with zero attached hydrogens (tertiary/aromatic N) is 1. The van der Waals surface area contributed by atoms with E-state index in [0.29, 0.717) is 12.1 Å². The van der Waals surface area contributed by atoms with Gasteiger partial charge < -0.3 is 10.6 Å². The van der Waals surface area contributed by atoms with Crippen LogP contribution in [-0.2, 0) is 0 Å². The standard InChI is InChI=1S/C10H13N3/c1-2-4-11-9(3-1)13-10-7-5-8(10)12-6-7/h1-4,7-8,10,12H,5-6H2,(H,11,13). The largest absolute Gasteiger partial charge is 0.365 e. The van der Waals surface area contributed by atoms with Crippen molar-refractivity contribution in [3.8, 4) is 0 Å². The zero-order chi connectivity index (χ0) is 8.67. The van der Waals surface area contributed by atoms with Crippen LogP contribution in [0.2, 0.25) is 0 Å². The first-order valence-corrected chi connectivity index (χ1v) is 4.84. The van der Waals surface area contributed by atoms with Crippen LogP contribution >= 0.6 is 0 Å². The molecule has 3 heteroatoms. The Morgan fingerprint density at radius 1 is 1.46 bits per heavy atom. The normalized spacial score (nSPS) is 35.5. The predicted molar refractivity (Wildman–Crippen MR) is 51.5 cm³/mol. The maximum absolute atomic E-state index is 4.26. The molecule has 2 aliphatic heterocycles. The van der Waals surface area contributed by atoms with Crippen LogP contribution in [0.1, 0.15) is 6.42 Å². The molecule has 0 radical (unpaired) electrons. The molecule has 1 saturated carbocycles. The fourth-order valence-electron chi connectivity index (χ4n) is 2.31. The number of rotatable bonds is 2. The summed E-state index contributed by atoms with van der Waals surface area (Å²) >= 11 is 0. The lowest BCUT2D eigenvalue weighted by atomic mass is 9.80. The molecule has 13 heavy (non-hydrogen) atoms. The van der Waals surface area contributed by atoms with Crippen LogP contribution < -0.4 is 10.6 Å². The van der Waals surface area contributed by atoms with Crippen molar-refractivity contribution < 1.29 is 0 Å². The number of hydrogen-bond donors (Lipinski definition) is 2. The zero-order valence-electron chi connectivity index (χ0n) is 7.40. The van der Waals surface area contributed by atoms with Gasteiger partial charge in [-0.3, -0.25) is 0 Å². The van der Waals surface area contributed by atoms with Crippen LogP contribution in [0.25, 0.3) is 0 Å². The Bertz CT molecular complexity index is 284. The van der Waals surface area contributed by atoms with Crippen molar-refractivity contribution in [1.29, 1.82) is 0 Å². The Morgan fingerprint density at radius 3 is 3.08 bits per heavy atom. The molecular weight excluding hydrogens is 162 g/mol. The van der Waals surface area contributed by atoms with Gasteiger partial charge >= 0.3 is 0 Å². The molecule has 0 aromatic carbocycles. The smallest absolute Gasteiger partial charge is 0.126 e. The molecule has 3 heterocycles. The minimum atomic E-state index is 0.620. The minimum Gasteiger partial charge on any atom is -0.365 e. The SMILES string of the molecule is c1ccc(NC2C3CNC2C3)nc1. The number of anilines is 1. The van der Waals surface area contributed by atoms with Gasteiger partial charge in [-0.2, -0.15) is 0 Å². The number of pyridine rings is 1. The van der Waals surface area contributed by atoms with Gasteiger partial charge in [-0.1, -0.05) is 6.07 Å². The maximum Gasteiger partial charge on any atom is 0.126 e. The summed E-state index contributed by atoms with van der Waals surface area (Å²) < 4.78 is 0. The third-order valence-electron chi connectivity index (χ3n) is 3.12. The monoisotopic (exact) mass is 175 g/mol. The average molecular weight is 175 g/mol. The maximum atomic E-state index is 4.26. The molecule has 0 spiro atoms. The summed E-state index contributed by atoms with van der Waals surface area (Å²) in [5.41, 5.74) is 0. The lowest BCUT2D eigenvalue weighted by molar-refractivity contribution is 0.326. The Balaban J connectivity index is 1.71. The first-order valence-electron chi connectivity index (χ1n) is 4.84. The quantitative estimate of drug-likeness (QED) is 0.699. The van der Waals surface area contributed by atoms with Crippen molar-refractivity contribution >= 4 is 5.82 Å². The summed E-state index contributed by atoms with van der Waals surface area (Å²) in [7, 11) is 0. The summed E-state index contributed by atoms with van der Waals surface area (Å²) in [6, 6.07) is 7.29. The van der Waals surface area contributed by atoms with Crippen molar-refractivity contribution in [2.45, 2.75) is 18.5 Å². The lowest BCUT2D eigenvalue weighted by Crippen LogP contribution is -2.47. The second-order valence-corrected chi connectivity index (χ2v) is 3.90. The minimum absolute atomic E-state index is 0.620. The molecule has 3 unspecified atom stereocenters. The summed E-state index contributed by atoms with van der Waals surface area (Å²) in [6.07, 6.45) is 3.17. The van der Waals surface area contributed by atoms with Gasteiger partial charge in [0, 0.05) is 24.8 Å². The fourth-order valence-corrected chi connectivity index (χ4v) is 2.31. The Labute approximate surface area is 77.6 Å². The van der Waals surface area contributed by atoms with Crippen LogP contribution in [0.3, 0.4) is 0 Å². The Morgan fingerprint density at radius 2 is 2.46 bits per heavy atom. The van der Waals surface area contributed by atoms with E-state index in [1.54, 1.807) is 0 Å². The van der Waals surface area contributed by atoms with Gasteiger partial charge in [0.2, 0.25) is 0 Å². The van der Waals surface area contributed by atoms with E-state index in [9.17, 15) is 0 Å². The van der Waals surface area contributed by atoms with Crippen LogP contribution in [0, 0.1) is 5.92 Å². The fraction of sp³-hybridized carbons (Fsp3) is 0.500. The molecule has 1 aromatic heterocycles. The number of hydrogen-bond acceptors (Lipinski definition) is 3. The average Bonchev–Trinajstić information content (AvgIpc) is 2.77. The van der Waals surface area contributed by atoms with E-state index in [2.05, 4.69) is 15.6 Å². The van der Waals surface area contributed by atoms with E-state index in [1.807, 2.05) is 24.4 Å². The van der Waals surface area contributed by atoms with Gasteiger partial charge in [0.25, 0.3) is 0 Å². The number of fused-ring (bicyclic) bond motifs is 1. The van der Waals surface area contributed by atoms with E-state index in [4.69, 9.17) is 0 Å². The van der Waals surface area contributed by atoms with Gasteiger partial charge in [-0.25, -0.2) is 4.98 Å². The second kappa shape index (κ2) is 2.70. The first kappa shape index (κ1) is 7.33. The second-order valence-electron chi connectivity index (χ2n) is 3.90. The molecule has 3 aliphatic rings. The molecule has 3 atom stereocenters. The first-order chi connectivity index (χ1) is 6.43. The molecule has 2 bridgehead atoms. The lowest BCUT2D eigenvalue weighted by Gasteiger charge is -2.35. The molecule has 1 aromatic rings. The van der Waals surface area contributed by atoms with Gasteiger partial charge in [0.15, 0.2) is 0 Å². The number of nitrogens with one attached hydrogen (secondary N) is 2. The van der Waals surface area contributed by atoms with Gasteiger partial charge in [0.05, 0.1) is 0 Å². The molecule has 68 valence electrons. The summed E-state index contributed by atoms with van der Waals surface area (Å²) in [6.45, 7) is 1.18. The van der Waals surface area contributed by atoms with Crippen LogP contribution in [0.4, 0.5) is 5.82 Å². The highest BCUT2D eigenvalue weighted by atomic mass is 15.1. The summed E-state index contributed by atoms with van der Waals surface area (Å²) in [4.78, 5) is 4.26. The van der Waals surface area contributed by atoms with Crippen LogP contribution in [0.5, 0.6) is 0 Å². The molecule has 2 saturated heterocycles. The molecule has 3 nitrogen and oxygen atoms in total. The third kappa shape index (κ3) is 1.11. The molecule has 4 rings (SSSR count). The highest BCUT2D eigenvalue weighted by molar-refractivity contribution is 5.37. The van der Waals surface area contributed by atoms with Gasteiger partial charge in [-0.05, 0) is 24.5 Å². The van der Waals surface area contributed by atoms with Gasteiger partial charge in [0.1, 0.15) is 5.82 Å². The molecular formula is C10H13N3. The zero-order valence-corrected chi connectivity index (χ0v) is 7.40. The van der Waals surface area contributed by atoms with E-state index in [1.165, 1.54) is 13.0 Å². The topological polar surface area (TPSA) is 37.0 Å². The van der Waals surface area contributed by atoms with E-state index in [0.717, 1.165) is 11.7 Å². The highest BCUT2D eigenvalue weighted by Gasteiger charge is 2.46. The van der Waals surface area contributed by atoms with E-state index in [-0.39, 0.29) is 0 Å². The van der Waals surface area contributed by atoms with Crippen molar-refractivity contribution in [2.75, 3.05) is 11.9 Å². The van der Waals surface area contributed by atoms with Crippen molar-refractivity contribution in [3.05, 3.63) is 24.4 Å². The highest BCUT2D eigenvalue weighted by Crippen LogP contribution is 2.35. The summed E-state index contributed by atoms with van der Waals surface area (Å²) in [5.74, 6) is 1.83. The molecule has 2 N–H and O–H groups in total.